The molecular weight excluding hydrogens is 300 g/mol. The summed E-state index contributed by atoms with van der Waals surface area (Å²) in [6.45, 7) is 2.73. The second-order valence-electron chi connectivity index (χ2n) is 6.27. The second kappa shape index (κ2) is 7.54. The molecule has 1 saturated carbocycles. The highest BCUT2D eigenvalue weighted by Crippen LogP contribution is 2.27. The van der Waals surface area contributed by atoms with Crippen molar-refractivity contribution in [3.8, 4) is 0 Å². The van der Waals surface area contributed by atoms with Crippen LogP contribution in [-0.2, 0) is 14.4 Å². The molecule has 8 heteroatoms. The van der Waals surface area contributed by atoms with Gasteiger partial charge in [-0.25, -0.2) is 9.69 Å². The van der Waals surface area contributed by atoms with Gasteiger partial charge in [0.25, 0.3) is 5.91 Å². The summed E-state index contributed by atoms with van der Waals surface area (Å²) in [5, 5.41) is 2.75. The summed E-state index contributed by atoms with van der Waals surface area (Å²) in [5.74, 6) is -1.65. The summed E-state index contributed by atoms with van der Waals surface area (Å²) in [6, 6.07) is -0.697. The van der Waals surface area contributed by atoms with Crippen molar-refractivity contribution in [2.24, 2.45) is 0 Å². The van der Waals surface area contributed by atoms with E-state index in [1.165, 1.54) is 0 Å². The van der Waals surface area contributed by atoms with Gasteiger partial charge < -0.3 is 10.2 Å². The first-order valence-corrected chi connectivity index (χ1v) is 8.22. The van der Waals surface area contributed by atoms with E-state index in [1.807, 2.05) is 6.92 Å². The summed E-state index contributed by atoms with van der Waals surface area (Å²) >= 11 is 0. The van der Waals surface area contributed by atoms with Crippen LogP contribution in [0, 0.1) is 0 Å². The van der Waals surface area contributed by atoms with Crippen LogP contribution in [0.15, 0.2) is 0 Å². The number of carbonyl (C=O) groups excluding carboxylic acids is 4. The first-order chi connectivity index (χ1) is 11.0. The van der Waals surface area contributed by atoms with Crippen LogP contribution in [0.25, 0.3) is 0 Å². The molecule has 1 atom stereocenters. The van der Waals surface area contributed by atoms with Crippen LogP contribution in [0.5, 0.6) is 0 Å². The van der Waals surface area contributed by atoms with Crippen molar-refractivity contribution in [2.45, 2.75) is 45.1 Å². The number of nitrogens with zero attached hydrogens (tertiary/aromatic N) is 2. The van der Waals surface area contributed by atoms with Gasteiger partial charge in [0.05, 0.1) is 7.05 Å². The Labute approximate surface area is 135 Å². The number of urea groups is 1. The van der Waals surface area contributed by atoms with E-state index in [0.29, 0.717) is 11.4 Å². The Morgan fingerprint density at radius 2 is 1.87 bits per heavy atom. The van der Waals surface area contributed by atoms with E-state index in [0.717, 1.165) is 41.9 Å². The van der Waals surface area contributed by atoms with Crippen molar-refractivity contribution in [3.63, 3.8) is 0 Å². The Morgan fingerprint density at radius 3 is 2.48 bits per heavy atom. The molecule has 2 N–H and O–H groups in total. The molecule has 0 radical (unpaired) electrons. The van der Waals surface area contributed by atoms with Gasteiger partial charge in [-0.1, -0.05) is 19.8 Å². The molecule has 0 aromatic carbocycles. The lowest BCUT2D eigenvalue weighted by atomic mass is 10.2. The molecule has 1 saturated heterocycles. The van der Waals surface area contributed by atoms with E-state index in [-0.39, 0.29) is 25.2 Å². The van der Waals surface area contributed by atoms with Gasteiger partial charge in [0, 0.05) is 12.6 Å². The zero-order valence-electron chi connectivity index (χ0n) is 13.8. The molecule has 1 aliphatic carbocycles. The van der Waals surface area contributed by atoms with Gasteiger partial charge in [-0.15, -0.1) is 0 Å². The molecule has 128 valence electrons. The van der Waals surface area contributed by atoms with Crippen LogP contribution in [-0.4, -0.2) is 66.4 Å². The number of likely N-dealkylation sites (N-methyl/N-ethyl adjacent to an activating group) is 1. The molecule has 0 bridgehead atoms. The van der Waals surface area contributed by atoms with E-state index in [9.17, 15) is 19.2 Å². The summed E-state index contributed by atoms with van der Waals surface area (Å²) in [5.41, 5.74) is 0. The molecule has 1 aliphatic heterocycles. The monoisotopic (exact) mass is 325 g/mol. The molecule has 23 heavy (non-hydrogen) atoms. The lowest BCUT2D eigenvalue weighted by Crippen LogP contribution is -3.12. The van der Waals surface area contributed by atoms with Gasteiger partial charge >= 0.3 is 17.8 Å². The Kier molecular flexibility index (Phi) is 5.70. The van der Waals surface area contributed by atoms with Crippen LogP contribution in [0.4, 0.5) is 4.79 Å². The zero-order chi connectivity index (χ0) is 17.0. The normalized spacial score (nSPS) is 20.5. The third-order valence-electron chi connectivity index (χ3n) is 4.24. The SMILES string of the molecule is CCCNC(=O)C[NH+](C)CN1C(=O)C(=O)N(C2CCCC2)C1=O. The minimum absolute atomic E-state index is 0.0200. The number of quaternary nitrogens is 1. The molecule has 2 rings (SSSR count). The number of hydrogen-bond acceptors (Lipinski definition) is 4. The summed E-state index contributed by atoms with van der Waals surface area (Å²) < 4.78 is 0. The number of rotatable bonds is 7. The zero-order valence-corrected chi connectivity index (χ0v) is 13.8. The van der Waals surface area contributed by atoms with Gasteiger partial charge in [0.1, 0.15) is 0 Å². The maximum atomic E-state index is 12.4. The highest BCUT2D eigenvalue weighted by Gasteiger charge is 2.49. The molecule has 2 fully saturated rings. The smallest absolute Gasteiger partial charge is 0.338 e. The van der Waals surface area contributed by atoms with Crippen molar-refractivity contribution in [3.05, 3.63) is 0 Å². The fourth-order valence-corrected chi connectivity index (χ4v) is 3.07. The third kappa shape index (κ3) is 3.87. The molecule has 2 aliphatic rings. The fourth-order valence-electron chi connectivity index (χ4n) is 3.07. The third-order valence-corrected chi connectivity index (χ3v) is 4.24. The van der Waals surface area contributed by atoms with Crippen LogP contribution < -0.4 is 10.2 Å². The van der Waals surface area contributed by atoms with Crippen LogP contribution in [0.1, 0.15) is 39.0 Å². The summed E-state index contributed by atoms with van der Waals surface area (Å²) in [4.78, 5) is 51.0. The second-order valence-corrected chi connectivity index (χ2v) is 6.27. The predicted molar refractivity (Wildman–Crippen MR) is 81.3 cm³/mol. The van der Waals surface area contributed by atoms with Crippen molar-refractivity contribution in [1.82, 2.24) is 15.1 Å². The number of carbonyl (C=O) groups is 4. The first kappa shape index (κ1) is 17.4. The van der Waals surface area contributed by atoms with Gasteiger partial charge in [-0.05, 0) is 19.3 Å². The van der Waals surface area contributed by atoms with Crippen LogP contribution >= 0.6 is 0 Å². The Bertz CT molecular complexity index is 502. The first-order valence-electron chi connectivity index (χ1n) is 8.22. The highest BCUT2D eigenvalue weighted by atomic mass is 16.2. The van der Waals surface area contributed by atoms with E-state index in [4.69, 9.17) is 0 Å². The van der Waals surface area contributed by atoms with Crippen molar-refractivity contribution >= 4 is 23.8 Å². The average Bonchev–Trinajstić information content (AvgIpc) is 3.09. The lowest BCUT2D eigenvalue weighted by Gasteiger charge is -2.22. The van der Waals surface area contributed by atoms with Gasteiger partial charge in [0.15, 0.2) is 13.2 Å². The molecule has 0 spiro atoms. The molecule has 1 heterocycles. The highest BCUT2D eigenvalue weighted by molar-refractivity contribution is 6.44. The predicted octanol–water partition coefficient (Wildman–Crippen LogP) is -1.28. The maximum absolute atomic E-state index is 12.4. The van der Waals surface area contributed by atoms with Crippen molar-refractivity contribution in [2.75, 3.05) is 26.8 Å². The number of imide groups is 2. The van der Waals surface area contributed by atoms with Gasteiger partial charge in [-0.2, -0.15) is 0 Å². The van der Waals surface area contributed by atoms with Gasteiger partial charge in [-0.3, -0.25) is 19.3 Å². The number of amides is 5. The van der Waals surface area contributed by atoms with E-state index in [1.54, 1.807) is 7.05 Å². The number of hydrogen-bond donors (Lipinski definition) is 2. The minimum Gasteiger partial charge on any atom is -0.351 e. The molecule has 0 aromatic rings. The van der Waals surface area contributed by atoms with E-state index >= 15 is 0 Å². The van der Waals surface area contributed by atoms with Crippen LogP contribution in [0.2, 0.25) is 0 Å². The van der Waals surface area contributed by atoms with E-state index < -0.39 is 17.8 Å². The standard InChI is InChI=1S/C15H24N4O4/c1-3-8-16-12(20)9-17(2)10-18-13(21)14(22)19(15(18)23)11-6-4-5-7-11/h11H,3-10H2,1-2H3,(H,16,20)/p+1. The Balaban J connectivity index is 1.94. The Hall–Kier alpha value is -1.96. The summed E-state index contributed by atoms with van der Waals surface area (Å²) in [6.07, 6.45) is 4.32. The Morgan fingerprint density at radius 1 is 1.22 bits per heavy atom. The molecule has 1 unspecified atom stereocenters. The quantitative estimate of drug-likeness (QED) is 0.450. The van der Waals surface area contributed by atoms with Crippen LogP contribution in [0.3, 0.4) is 0 Å². The molecular formula is C15H25N4O4+. The number of nitrogens with one attached hydrogen (secondary N) is 2. The lowest BCUT2D eigenvalue weighted by molar-refractivity contribution is -0.879. The molecule has 0 aromatic heterocycles. The molecule has 8 nitrogen and oxygen atoms in total. The van der Waals surface area contributed by atoms with Crippen molar-refractivity contribution < 1.29 is 24.1 Å². The fraction of sp³-hybridized carbons (Fsp3) is 0.733. The van der Waals surface area contributed by atoms with Crippen molar-refractivity contribution in [1.29, 1.82) is 0 Å². The van der Waals surface area contributed by atoms with E-state index in [2.05, 4.69) is 5.32 Å². The topological polar surface area (TPSA) is 91.2 Å². The largest absolute Gasteiger partial charge is 0.351 e. The van der Waals surface area contributed by atoms with Gasteiger partial charge in [0.2, 0.25) is 0 Å². The maximum Gasteiger partial charge on any atom is 0.338 e. The minimum atomic E-state index is -0.782. The summed E-state index contributed by atoms with van der Waals surface area (Å²) in [7, 11) is 1.72. The molecule has 5 amide bonds. The average molecular weight is 325 g/mol.